The molecular formula is C21H30N2O4. The van der Waals surface area contributed by atoms with Crippen molar-refractivity contribution in [2.75, 3.05) is 49.1 Å². The Bertz CT molecular complexity index is 734. The summed E-state index contributed by atoms with van der Waals surface area (Å²) >= 11 is 0. The predicted octanol–water partition coefficient (Wildman–Crippen LogP) is 3.11. The van der Waals surface area contributed by atoms with Crippen LogP contribution < -0.4 is 24.3 Å². The molecule has 0 saturated carbocycles. The molecule has 0 aromatic heterocycles. The second kappa shape index (κ2) is 10.0. The maximum absolute atomic E-state index is 5.47. The third-order valence-electron chi connectivity index (χ3n) is 4.56. The SMILES string of the molecule is COc1ccc(CNCC(c2ccc(OC)c(OC)c2)N(C)C)c(OC)c1. The first-order valence-corrected chi connectivity index (χ1v) is 8.84. The molecule has 0 saturated heterocycles. The van der Waals surface area contributed by atoms with Gasteiger partial charge in [-0.1, -0.05) is 12.1 Å². The normalized spacial score (nSPS) is 12.0. The lowest BCUT2D eigenvalue weighted by molar-refractivity contribution is 0.285. The molecule has 0 heterocycles. The second-order valence-electron chi connectivity index (χ2n) is 6.40. The number of rotatable bonds is 10. The van der Waals surface area contributed by atoms with E-state index in [1.54, 1.807) is 28.4 Å². The minimum Gasteiger partial charge on any atom is -0.497 e. The number of nitrogens with one attached hydrogen (secondary N) is 1. The van der Waals surface area contributed by atoms with Gasteiger partial charge in [0.25, 0.3) is 0 Å². The van der Waals surface area contributed by atoms with Gasteiger partial charge in [-0.3, -0.25) is 0 Å². The Labute approximate surface area is 162 Å². The van der Waals surface area contributed by atoms with Crippen LogP contribution >= 0.6 is 0 Å². The number of nitrogens with zero attached hydrogens (tertiary/aromatic N) is 1. The van der Waals surface area contributed by atoms with E-state index >= 15 is 0 Å². The van der Waals surface area contributed by atoms with Gasteiger partial charge in [0.2, 0.25) is 0 Å². The number of likely N-dealkylation sites (N-methyl/N-ethyl adjacent to an activating group) is 1. The predicted molar refractivity (Wildman–Crippen MR) is 107 cm³/mol. The minimum absolute atomic E-state index is 0.189. The third kappa shape index (κ3) is 5.28. The molecule has 1 atom stereocenters. The van der Waals surface area contributed by atoms with Gasteiger partial charge in [-0.25, -0.2) is 0 Å². The summed E-state index contributed by atoms with van der Waals surface area (Å²) in [5.74, 6) is 3.06. The molecule has 27 heavy (non-hydrogen) atoms. The fourth-order valence-electron chi connectivity index (χ4n) is 3.00. The first-order chi connectivity index (χ1) is 13.0. The molecular weight excluding hydrogens is 344 g/mol. The zero-order valence-corrected chi connectivity index (χ0v) is 17.0. The Hall–Kier alpha value is -2.44. The van der Waals surface area contributed by atoms with Crippen molar-refractivity contribution < 1.29 is 18.9 Å². The third-order valence-corrected chi connectivity index (χ3v) is 4.56. The Morgan fingerprint density at radius 3 is 2.11 bits per heavy atom. The molecule has 0 bridgehead atoms. The topological polar surface area (TPSA) is 52.2 Å². The van der Waals surface area contributed by atoms with Crippen molar-refractivity contribution in [3.05, 3.63) is 47.5 Å². The van der Waals surface area contributed by atoms with Gasteiger partial charge in [-0.2, -0.15) is 0 Å². The van der Waals surface area contributed by atoms with E-state index in [1.165, 1.54) is 0 Å². The molecule has 0 aliphatic carbocycles. The van der Waals surface area contributed by atoms with Crippen LogP contribution in [0.15, 0.2) is 36.4 Å². The monoisotopic (exact) mass is 374 g/mol. The first kappa shape index (κ1) is 20.9. The Balaban J connectivity index is 2.10. The lowest BCUT2D eigenvalue weighted by Gasteiger charge is -2.26. The minimum atomic E-state index is 0.189. The molecule has 0 fully saturated rings. The van der Waals surface area contributed by atoms with E-state index in [9.17, 15) is 0 Å². The van der Waals surface area contributed by atoms with E-state index in [2.05, 4.69) is 30.4 Å². The average molecular weight is 374 g/mol. The van der Waals surface area contributed by atoms with Crippen LogP contribution in [0.5, 0.6) is 23.0 Å². The van der Waals surface area contributed by atoms with Crippen LogP contribution in [0.2, 0.25) is 0 Å². The van der Waals surface area contributed by atoms with E-state index in [4.69, 9.17) is 18.9 Å². The van der Waals surface area contributed by atoms with Gasteiger partial charge in [-0.05, 0) is 37.9 Å². The molecule has 2 rings (SSSR count). The molecule has 1 N–H and O–H groups in total. The molecule has 0 amide bonds. The fourth-order valence-corrected chi connectivity index (χ4v) is 3.00. The Kier molecular flexibility index (Phi) is 7.76. The molecule has 2 aromatic carbocycles. The van der Waals surface area contributed by atoms with Crippen molar-refractivity contribution in [3.8, 4) is 23.0 Å². The number of hydrogen-bond acceptors (Lipinski definition) is 6. The van der Waals surface area contributed by atoms with Crippen LogP contribution in [0.4, 0.5) is 0 Å². The largest absolute Gasteiger partial charge is 0.497 e. The van der Waals surface area contributed by atoms with E-state index < -0.39 is 0 Å². The highest BCUT2D eigenvalue weighted by Gasteiger charge is 2.17. The summed E-state index contributed by atoms with van der Waals surface area (Å²) in [6, 6.07) is 12.1. The summed E-state index contributed by atoms with van der Waals surface area (Å²) < 4.78 is 21.5. The summed E-state index contributed by atoms with van der Waals surface area (Å²) in [6.45, 7) is 1.47. The molecule has 0 radical (unpaired) electrons. The number of methoxy groups -OCH3 is 4. The van der Waals surface area contributed by atoms with Crippen molar-refractivity contribution in [2.24, 2.45) is 0 Å². The lowest BCUT2D eigenvalue weighted by atomic mass is 10.0. The highest BCUT2D eigenvalue weighted by atomic mass is 16.5. The summed E-state index contributed by atoms with van der Waals surface area (Å²) in [7, 11) is 10.8. The number of ether oxygens (including phenoxy) is 4. The van der Waals surface area contributed by atoms with Gasteiger partial charge in [0.1, 0.15) is 11.5 Å². The number of benzene rings is 2. The lowest BCUT2D eigenvalue weighted by Crippen LogP contribution is -2.31. The molecule has 1 unspecified atom stereocenters. The van der Waals surface area contributed by atoms with Gasteiger partial charge < -0.3 is 29.2 Å². The van der Waals surface area contributed by atoms with Crippen LogP contribution in [0.3, 0.4) is 0 Å². The van der Waals surface area contributed by atoms with E-state index in [0.717, 1.165) is 40.7 Å². The highest BCUT2D eigenvalue weighted by molar-refractivity contribution is 5.44. The number of hydrogen-bond donors (Lipinski definition) is 1. The molecule has 6 heteroatoms. The van der Waals surface area contributed by atoms with Crippen LogP contribution in [0, 0.1) is 0 Å². The van der Waals surface area contributed by atoms with Gasteiger partial charge in [0, 0.05) is 30.8 Å². The summed E-state index contributed by atoms with van der Waals surface area (Å²) in [6.07, 6.45) is 0. The molecule has 0 spiro atoms. The van der Waals surface area contributed by atoms with E-state index in [1.807, 2.05) is 30.3 Å². The maximum atomic E-state index is 5.47. The molecule has 6 nitrogen and oxygen atoms in total. The van der Waals surface area contributed by atoms with E-state index in [-0.39, 0.29) is 6.04 Å². The summed E-state index contributed by atoms with van der Waals surface area (Å²) in [4.78, 5) is 2.18. The van der Waals surface area contributed by atoms with Crippen LogP contribution in [-0.2, 0) is 6.54 Å². The zero-order chi connectivity index (χ0) is 19.8. The smallest absolute Gasteiger partial charge is 0.161 e. The van der Waals surface area contributed by atoms with Gasteiger partial charge in [0.05, 0.1) is 28.4 Å². The summed E-state index contributed by atoms with van der Waals surface area (Å²) in [5, 5.41) is 3.53. The Morgan fingerprint density at radius 2 is 1.52 bits per heavy atom. The average Bonchev–Trinajstić information content (AvgIpc) is 2.70. The molecule has 0 aliphatic heterocycles. The van der Waals surface area contributed by atoms with Crippen molar-refractivity contribution >= 4 is 0 Å². The van der Waals surface area contributed by atoms with Crippen molar-refractivity contribution in [1.29, 1.82) is 0 Å². The van der Waals surface area contributed by atoms with Gasteiger partial charge in [0.15, 0.2) is 11.5 Å². The van der Waals surface area contributed by atoms with Gasteiger partial charge >= 0.3 is 0 Å². The standard InChI is InChI=1S/C21H30N2O4/c1-23(2)18(15-8-10-19(25-4)21(11-15)27-6)14-22-13-16-7-9-17(24-3)12-20(16)26-5/h7-12,18,22H,13-14H2,1-6H3. The summed E-state index contributed by atoms with van der Waals surface area (Å²) in [5.41, 5.74) is 2.25. The van der Waals surface area contributed by atoms with Crippen molar-refractivity contribution in [3.63, 3.8) is 0 Å². The van der Waals surface area contributed by atoms with Crippen molar-refractivity contribution in [1.82, 2.24) is 10.2 Å². The fraction of sp³-hybridized carbons (Fsp3) is 0.429. The highest BCUT2D eigenvalue weighted by Crippen LogP contribution is 2.31. The van der Waals surface area contributed by atoms with Crippen LogP contribution in [0.1, 0.15) is 17.2 Å². The zero-order valence-electron chi connectivity index (χ0n) is 17.0. The van der Waals surface area contributed by atoms with E-state index in [0.29, 0.717) is 6.54 Å². The van der Waals surface area contributed by atoms with Crippen LogP contribution in [0.25, 0.3) is 0 Å². The first-order valence-electron chi connectivity index (χ1n) is 8.84. The molecule has 0 aliphatic rings. The van der Waals surface area contributed by atoms with Gasteiger partial charge in [-0.15, -0.1) is 0 Å². The maximum Gasteiger partial charge on any atom is 0.161 e. The Morgan fingerprint density at radius 1 is 0.815 bits per heavy atom. The molecule has 2 aromatic rings. The van der Waals surface area contributed by atoms with Crippen molar-refractivity contribution in [2.45, 2.75) is 12.6 Å². The van der Waals surface area contributed by atoms with Crippen LogP contribution in [-0.4, -0.2) is 54.0 Å². The molecule has 148 valence electrons. The quantitative estimate of drug-likeness (QED) is 0.690. The second-order valence-corrected chi connectivity index (χ2v) is 6.40.